The second kappa shape index (κ2) is 13.9. The lowest BCUT2D eigenvalue weighted by atomic mass is 10.1. The quantitative estimate of drug-likeness (QED) is 0.342. The predicted octanol–water partition coefficient (Wildman–Crippen LogP) is 3.29. The topological polar surface area (TPSA) is 89.3 Å². The van der Waals surface area contributed by atoms with Crippen LogP contribution in [-0.2, 0) is 22.5 Å². The van der Waals surface area contributed by atoms with Crippen molar-refractivity contribution in [3.05, 3.63) is 69.4 Å². The molecule has 0 spiro atoms. The maximum Gasteiger partial charge on any atom is 0.274 e. The number of nitrogens with one attached hydrogen (secondary N) is 1. The first-order valence-corrected chi connectivity index (χ1v) is 12.4. The van der Waals surface area contributed by atoms with Gasteiger partial charge in [0.2, 0.25) is 5.91 Å². The molecule has 2 heterocycles. The summed E-state index contributed by atoms with van der Waals surface area (Å²) >= 11 is 6.02. The number of benzene rings is 1. The fourth-order valence-electron chi connectivity index (χ4n) is 3.85. The number of unbranched alkanes of at least 4 members (excludes halogenated alkanes) is 1. The number of fused-ring (bicyclic) bond motifs is 1. The van der Waals surface area contributed by atoms with E-state index in [0.29, 0.717) is 49.5 Å². The molecule has 9 heteroatoms. The van der Waals surface area contributed by atoms with Crippen LogP contribution in [0, 0.1) is 0 Å². The second-order valence-electron chi connectivity index (χ2n) is 8.66. The summed E-state index contributed by atoms with van der Waals surface area (Å²) in [5.41, 5.74) is 1.80. The van der Waals surface area contributed by atoms with Gasteiger partial charge in [-0.2, -0.15) is 5.10 Å². The van der Waals surface area contributed by atoms with Gasteiger partial charge in [0.05, 0.1) is 11.1 Å². The molecule has 2 aromatic heterocycles. The summed E-state index contributed by atoms with van der Waals surface area (Å²) in [4.78, 5) is 31.3. The first-order chi connectivity index (χ1) is 17.0. The van der Waals surface area contributed by atoms with E-state index in [4.69, 9.17) is 21.4 Å². The molecular weight excluding hydrogens is 466 g/mol. The lowest BCUT2D eigenvalue weighted by molar-refractivity contribution is -0.121. The van der Waals surface area contributed by atoms with Gasteiger partial charge in [-0.25, -0.2) is 4.68 Å². The van der Waals surface area contributed by atoms with Crippen LogP contribution in [0.25, 0.3) is 10.8 Å². The minimum atomic E-state index is -0.0965. The fourth-order valence-corrected chi connectivity index (χ4v) is 3.98. The van der Waals surface area contributed by atoms with Crippen molar-refractivity contribution in [2.24, 2.45) is 0 Å². The molecule has 1 amide bonds. The van der Waals surface area contributed by atoms with Crippen molar-refractivity contribution < 1.29 is 9.53 Å². The smallest absolute Gasteiger partial charge is 0.274 e. The highest BCUT2D eigenvalue weighted by Gasteiger charge is 2.12. The molecule has 0 aliphatic rings. The third-order valence-electron chi connectivity index (χ3n) is 5.85. The summed E-state index contributed by atoms with van der Waals surface area (Å²) in [6.45, 7) is 3.37. The summed E-state index contributed by atoms with van der Waals surface area (Å²) in [5.74, 6) is 0.0579. The highest BCUT2D eigenvalue weighted by molar-refractivity contribution is 6.30. The molecule has 0 atom stereocenters. The maximum absolute atomic E-state index is 13.0. The van der Waals surface area contributed by atoms with E-state index in [1.807, 2.05) is 31.3 Å². The van der Waals surface area contributed by atoms with E-state index in [-0.39, 0.29) is 11.5 Å². The molecule has 0 aliphatic carbocycles. The van der Waals surface area contributed by atoms with Crippen LogP contribution in [0.2, 0.25) is 5.02 Å². The summed E-state index contributed by atoms with van der Waals surface area (Å²) in [5, 5.41) is 9.70. The van der Waals surface area contributed by atoms with Gasteiger partial charge < -0.3 is 15.0 Å². The van der Waals surface area contributed by atoms with E-state index in [9.17, 15) is 9.59 Å². The minimum Gasteiger partial charge on any atom is -0.385 e. The molecule has 1 N–H and O–H groups in total. The van der Waals surface area contributed by atoms with E-state index >= 15 is 0 Å². The van der Waals surface area contributed by atoms with Gasteiger partial charge in [0, 0.05) is 69.0 Å². The molecular formula is C26H34ClN5O3. The van der Waals surface area contributed by atoms with E-state index in [1.165, 1.54) is 0 Å². The van der Waals surface area contributed by atoms with E-state index in [1.54, 1.807) is 30.3 Å². The van der Waals surface area contributed by atoms with Crippen LogP contribution in [0.15, 0.2) is 47.5 Å². The van der Waals surface area contributed by atoms with Gasteiger partial charge in [-0.3, -0.25) is 14.6 Å². The fraction of sp³-hybridized carbons (Fsp3) is 0.462. The van der Waals surface area contributed by atoms with Crippen LogP contribution in [0.5, 0.6) is 0 Å². The van der Waals surface area contributed by atoms with Crippen LogP contribution in [0.4, 0.5) is 0 Å². The minimum absolute atomic E-state index is 0.0579. The van der Waals surface area contributed by atoms with Crippen LogP contribution in [-0.4, -0.2) is 66.0 Å². The van der Waals surface area contributed by atoms with E-state index in [0.717, 1.165) is 42.5 Å². The van der Waals surface area contributed by atoms with E-state index in [2.05, 4.69) is 15.2 Å². The number of hydrogen-bond acceptors (Lipinski definition) is 6. The number of aryl methyl sites for hydroxylation is 1. The molecule has 0 radical (unpaired) electrons. The molecule has 1 aromatic carbocycles. The van der Waals surface area contributed by atoms with Crippen molar-refractivity contribution in [1.82, 2.24) is 25.0 Å². The monoisotopic (exact) mass is 499 g/mol. The van der Waals surface area contributed by atoms with Crippen molar-refractivity contribution in [2.75, 3.05) is 40.4 Å². The standard InChI is InChI=1S/C26H34ClN5O3/c1-31(16-11-25(33)29-12-5-17-35-2)14-3-4-15-32-26(34)22-10-13-28-19-23(22)24(30-32)18-20-6-8-21(27)9-7-20/h6-10,13,19H,3-5,11-12,14-18H2,1-2H3,(H,29,33). The number of aromatic nitrogens is 3. The average molecular weight is 500 g/mol. The Hall–Kier alpha value is -2.81. The zero-order chi connectivity index (χ0) is 25.0. The Labute approximate surface area is 211 Å². The second-order valence-corrected chi connectivity index (χ2v) is 9.09. The Morgan fingerprint density at radius 2 is 1.91 bits per heavy atom. The zero-order valence-corrected chi connectivity index (χ0v) is 21.3. The van der Waals surface area contributed by atoms with Gasteiger partial charge in [-0.15, -0.1) is 0 Å². The number of ether oxygens (including phenoxy) is 1. The first-order valence-electron chi connectivity index (χ1n) is 12.0. The lowest BCUT2D eigenvalue weighted by Gasteiger charge is -2.16. The zero-order valence-electron chi connectivity index (χ0n) is 20.5. The first kappa shape index (κ1) is 26.8. The number of carbonyl (C=O) groups is 1. The van der Waals surface area contributed by atoms with Gasteiger partial charge in [-0.05, 0) is 56.6 Å². The SMILES string of the molecule is COCCCNC(=O)CCN(C)CCCCn1nc(Cc2ccc(Cl)cc2)c2cnccc2c1=O. The largest absolute Gasteiger partial charge is 0.385 e. The molecule has 0 unspecified atom stereocenters. The van der Waals surface area contributed by atoms with Crippen LogP contribution in [0.3, 0.4) is 0 Å². The Morgan fingerprint density at radius 3 is 2.69 bits per heavy atom. The Bertz CT molecular complexity index is 1150. The predicted molar refractivity (Wildman–Crippen MR) is 139 cm³/mol. The van der Waals surface area contributed by atoms with Gasteiger partial charge in [0.15, 0.2) is 0 Å². The highest BCUT2D eigenvalue weighted by atomic mass is 35.5. The number of carbonyl (C=O) groups excluding carboxylic acids is 1. The number of methoxy groups -OCH3 is 1. The van der Waals surface area contributed by atoms with Crippen LogP contribution < -0.4 is 10.9 Å². The van der Waals surface area contributed by atoms with Gasteiger partial charge >= 0.3 is 0 Å². The lowest BCUT2D eigenvalue weighted by Crippen LogP contribution is -2.30. The summed E-state index contributed by atoms with van der Waals surface area (Å²) < 4.78 is 6.55. The number of pyridine rings is 1. The number of hydrogen-bond donors (Lipinski definition) is 1. The van der Waals surface area contributed by atoms with Crippen molar-refractivity contribution in [3.63, 3.8) is 0 Å². The summed E-state index contributed by atoms with van der Waals surface area (Å²) in [6, 6.07) is 9.41. The number of amides is 1. The molecule has 0 bridgehead atoms. The molecule has 3 aromatic rings. The third-order valence-corrected chi connectivity index (χ3v) is 6.10. The number of nitrogens with zero attached hydrogens (tertiary/aromatic N) is 4. The van der Waals surface area contributed by atoms with Gasteiger partial charge in [0.25, 0.3) is 5.56 Å². The third kappa shape index (κ3) is 8.42. The Morgan fingerprint density at radius 1 is 1.11 bits per heavy atom. The summed E-state index contributed by atoms with van der Waals surface area (Å²) in [6.07, 6.45) is 6.95. The van der Waals surface area contributed by atoms with Gasteiger partial charge in [-0.1, -0.05) is 23.7 Å². The molecule has 0 saturated carbocycles. The molecule has 8 nitrogen and oxygen atoms in total. The Kier molecular flexibility index (Phi) is 10.7. The van der Waals surface area contributed by atoms with Crippen molar-refractivity contribution in [1.29, 1.82) is 0 Å². The van der Waals surface area contributed by atoms with Crippen LogP contribution >= 0.6 is 11.6 Å². The highest BCUT2D eigenvalue weighted by Crippen LogP contribution is 2.18. The number of rotatable bonds is 14. The van der Waals surface area contributed by atoms with E-state index < -0.39 is 0 Å². The normalized spacial score (nSPS) is 11.3. The molecule has 3 rings (SSSR count). The molecule has 0 aliphatic heterocycles. The number of halogens is 1. The molecule has 35 heavy (non-hydrogen) atoms. The average Bonchev–Trinajstić information content (AvgIpc) is 2.87. The molecule has 0 saturated heterocycles. The molecule has 188 valence electrons. The Balaban J connectivity index is 1.53. The van der Waals surface area contributed by atoms with Crippen molar-refractivity contribution in [3.8, 4) is 0 Å². The maximum atomic E-state index is 13.0. The molecule has 0 fully saturated rings. The summed E-state index contributed by atoms with van der Waals surface area (Å²) in [7, 11) is 3.66. The van der Waals surface area contributed by atoms with Crippen molar-refractivity contribution >= 4 is 28.3 Å². The van der Waals surface area contributed by atoms with Gasteiger partial charge in [0.1, 0.15) is 0 Å². The van der Waals surface area contributed by atoms with Crippen LogP contribution in [0.1, 0.15) is 36.9 Å². The van der Waals surface area contributed by atoms with Crippen molar-refractivity contribution in [2.45, 2.75) is 38.6 Å².